The van der Waals surface area contributed by atoms with Gasteiger partial charge in [0.2, 0.25) is 0 Å². The number of fused-ring (bicyclic) bond motifs is 1. The number of piperazine rings is 1. The fourth-order valence-electron chi connectivity index (χ4n) is 3.19. The van der Waals surface area contributed by atoms with E-state index in [1.807, 2.05) is 30.3 Å². The maximum absolute atomic E-state index is 12.8. The van der Waals surface area contributed by atoms with Gasteiger partial charge in [-0.2, -0.15) is 0 Å². The summed E-state index contributed by atoms with van der Waals surface area (Å²) in [4.78, 5) is 35.1. The number of carbonyl (C=O) groups is 1. The van der Waals surface area contributed by atoms with Gasteiger partial charge in [-0.25, -0.2) is 4.98 Å². The van der Waals surface area contributed by atoms with Crippen molar-refractivity contribution in [1.82, 2.24) is 14.9 Å². The second kappa shape index (κ2) is 6.99. The van der Waals surface area contributed by atoms with Crippen LogP contribution in [0.2, 0.25) is 0 Å². The first-order chi connectivity index (χ1) is 13.1. The average Bonchev–Trinajstić information content (AvgIpc) is 2.73. The smallest absolute Gasteiger partial charge is 0.363 e. The SMILES string of the molecule is O=C(c1ccc2ccccc2n1)N1CCN(c2ccc([N+](=O)[O-])nc2)CC1. The van der Waals surface area contributed by atoms with Crippen LogP contribution < -0.4 is 4.90 Å². The Morgan fingerprint density at radius 3 is 2.48 bits per heavy atom. The number of rotatable bonds is 3. The summed E-state index contributed by atoms with van der Waals surface area (Å²) in [5.74, 6) is -0.253. The van der Waals surface area contributed by atoms with Crippen LogP contribution in [0.1, 0.15) is 10.5 Å². The minimum absolute atomic E-state index is 0.0813. The molecule has 1 aliphatic rings. The number of nitro groups is 1. The van der Waals surface area contributed by atoms with E-state index >= 15 is 0 Å². The van der Waals surface area contributed by atoms with Gasteiger partial charge in [0.25, 0.3) is 5.91 Å². The number of benzene rings is 1. The number of aromatic nitrogens is 2. The predicted octanol–water partition coefficient (Wildman–Crippen LogP) is 2.50. The topological polar surface area (TPSA) is 92.5 Å². The number of nitrogens with zero attached hydrogens (tertiary/aromatic N) is 5. The number of hydrogen-bond donors (Lipinski definition) is 0. The molecule has 1 aliphatic heterocycles. The second-order valence-electron chi connectivity index (χ2n) is 6.30. The van der Waals surface area contributed by atoms with Crippen molar-refractivity contribution in [1.29, 1.82) is 0 Å². The molecule has 0 spiro atoms. The largest absolute Gasteiger partial charge is 0.365 e. The third-order valence-electron chi connectivity index (χ3n) is 4.67. The van der Waals surface area contributed by atoms with Crippen LogP contribution in [0.3, 0.4) is 0 Å². The van der Waals surface area contributed by atoms with Crippen molar-refractivity contribution in [2.24, 2.45) is 0 Å². The van der Waals surface area contributed by atoms with E-state index in [4.69, 9.17) is 0 Å². The molecule has 2 aromatic heterocycles. The monoisotopic (exact) mass is 363 g/mol. The minimum atomic E-state index is -0.517. The van der Waals surface area contributed by atoms with Gasteiger partial charge >= 0.3 is 5.82 Å². The first-order valence-electron chi connectivity index (χ1n) is 8.62. The Hall–Kier alpha value is -3.55. The Kier molecular flexibility index (Phi) is 4.37. The molecule has 1 saturated heterocycles. The quantitative estimate of drug-likeness (QED) is 0.524. The van der Waals surface area contributed by atoms with Crippen LogP contribution in [-0.4, -0.2) is 51.9 Å². The van der Waals surface area contributed by atoms with E-state index in [1.165, 1.54) is 12.3 Å². The van der Waals surface area contributed by atoms with Crippen LogP contribution in [0.25, 0.3) is 10.9 Å². The number of anilines is 1. The highest BCUT2D eigenvalue weighted by Gasteiger charge is 2.24. The van der Waals surface area contributed by atoms with E-state index in [9.17, 15) is 14.9 Å². The van der Waals surface area contributed by atoms with Crippen LogP contribution in [0.5, 0.6) is 0 Å². The minimum Gasteiger partial charge on any atom is -0.365 e. The van der Waals surface area contributed by atoms with Crippen molar-refractivity contribution in [3.63, 3.8) is 0 Å². The summed E-state index contributed by atoms with van der Waals surface area (Å²) in [6.45, 7) is 2.40. The fraction of sp³-hybridized carbons (Fsp3) is 0.211. The maximum Gasteiger partial charge on any atom is 0.363 e. The lowest BCUT2D eigenvalue weighted by Crippen LogP contribution is -2.49. The summed E-state index contributed by atoms with van der Waals surface area (Å²) in [5.41, 5.74) is 2.06. The van der Waals surface area contributed by atoms with Gasteiger partial charge in [0.05, 0.1) is 11.2 Å². The summed E-state index contributed by atoms with van der Waals surface area (Å²) in [5, 5.41) is 11.7. The Bertz CT molecular complexity index is 998. The standard InChI is InChI=1S/C19H17N5O3/c25-19(17-7-5-14-3-1-2-4-16(14)21-17)23-11-9-22(10-12-23)15-6-8-18(20-13-15)24(26)27/h1-8,13H,9-12H2. The number of carbonyl (C=O) groups excluding carboxylic acids is 1. The van der Waals surface area contributed by atoms with Crippen molar-refractivity contribution in [2.45, 2.75) is 0 Å². The third-order valence-corrected chi connectivity index (χ3v) is 4.67. The van der Waals surface area contributed by atoms with Crippen molar-refractivity contribution >= 4 is 28.3 Å². The first-order valence-corrected chi connectivity index (χ1v) is 8.62. The first kappa shape index (κ1) is 16.9. The summed E-state index contributed by atoms with van der Waals surface area (Å²) in [7, 11) is 0. The maximum atomic E-state index is 12.8. The van der Waals surface area contributed by atoms with Crippen molar-refractivity contribution in [2.75, 3.05) is 31.1 Å². The average molecular weight is 363 g/mol. The molecule has 1 aromatic carbocycles. The van der Waals surface area contributed by atoms with Crippen LogP contribution in [0.4, 0.5) is 11.5 Å². The van der Waals surface area contributed by atoms with E-state index in [0.29, 0.717) is 31.9 Å². The highest BCUT2D eigenvalue weighted by molar-refractivity contribution is 5.95. The Balaban J connectivity index is 1.43. The molecule has 3 aromatic rings. The molecule has 3 heterocycles. The lowest BCUT2D eigenvalue weighted by molar-refractivity contribution is -0.389. The van der Waals surface area contributed by atoms with Gasteiger partial charge in [0.1, 0.15) is 5.69 Å². The number of hydrogen-bond acceptors (Lipinski definition) is 6. The van der Waals surface area contributed by atoms with Gasteiger partial charge < -0.3 is 19.9 Å². The van der Waals surface area contributed by atoms with Crippen LogP contribution in [0.15, 0.2) is 54.7 Å². The molecular weight excluding hydrogens is 346 g/mol. The Morgan fingerprint density at radius 2 is 1.78 bits per heavy atom. The van der Waals surface area contributed by atoms with Gasteiger partial charge in [-0.1, -0.05) is 24.3 Å². The van der Waals surface area contributed by atoms with Gasteiger partial charge in [0, 0.05) is 37.6 Å². The summed E-state index contributed by atoms with van der Waals surface area (Å²) in [6.07, 6.45) is 1.50. The molecule has 0 radical (unpaired) electrons. The second-order valence-corrected chi connectivity index (χ2v) is 6.30. The molecule has 136 valence electrons. The van der Waals surface area contributed by atoms with E-state index < -0.39 is 4.92 Å². The molecule has 27 heavy (non-hydrogen) atoms. The zero-order valence-electron chi connectivity index (χ0n) is 14.5. The molecule has 4 rings (SSSR count). The van der Waals surface area contributed by atoms with E-state index in [-0.39, 0.29) is 11.7 Å². The van der Waals surface area contributed by atoms with Crippen LogP contribution >= 0.6 is 0 Å². The molecule has 0 aliphatic carbocycles. The van der Waals surface area contributed by atoms with Gasteiger partial charge in [-0.3, -0.25) is 4.79 Å². The van der Waals surface area contributed by atoms with Gasteiger partial charge in [-0.05, 0) is 28.1 Å². The predicted molar refractivity (Wildman–Crippen MR) is 101 cm³/mol. The fourth-order valence-corrected chi connectivity index (χ4v) is 3.19. The molecule has 0 unspecified atom stereocenters. The summed E-state index contributed by atoms with van der Waals surface area (Å²) >= 11 is 0. The molecule has 8 heteroatoms. The van der Waals surface area contributed by atoms with Crippen LogP contribution in [-0.2, 0) is 0 Å². The molecule has 1 amide bonds. The van der Waals surface area contributed by atoms with Gasteiger partial charge in [-0.15, -0.1) is 0 Å². The summed E-state index contributed by atoms with van der Waals surface area (Å²) in [6, 6.07) is 14.5. The third kappa shape index (κ3) is 3.41. The van der Waals surface area contributed by atoms with Crippen molar-refractivity contribution in [3.05, 3.63) is 70.5 Å². The molecule has 1 fully saturated rings. The van der Waals surface area contributed by atoms with Crippen LogP contribution in [0, 0.1) is 10.1 Å². The molecule has 0 saturated carbocycles. The van der Waals surface area contributed by atoms with E-state index in [2.05, 4.69) is 14.9 Å². The molecule has 8 nitrogen and oxygen atoms in total. The lowest BCUT2D eigenvalue weighted by atomic mass is 10.2. The highest BCUT2D eigenvalue weighted by atomic mass is 16.6. The molecule has 0 atom stereocenters. The highest BCUT2D eigenvalue weighted by Crippen LogP contribution is 2.19. The van der Waals surface area contributed by atoms with Gasteiger partial charge in [0.15, 0.2) is 6.20 Å². The van der Waals surface area contributed by atoms with Crippen molar-refractivity contribution < 1.29 is 9.72 Å². The normalized spacial score (nSPS) is 14.4. The van der Waals surface area contributed by atoms with E-state index in [0.717, 1.165) is 16.6 Å². The lowest BCUT2D eigenvalue weighted by Gasteiger charge is -2.35. The summed E-state index contributed by atoms with van der Waals surface area (Å²) < 4.78 is 0. The van der Waals surface area contributed by atoms with E-state index in [1.54, 1.807) is 17.0 Å². The number of para-hydroxylation sites is 1. The Morgan fingerprint density at radius 1 is 1.00 bits per heavy atom. The molecular formula is C19H17N5O3. The zero-order valence-corrected chi connectivity index (χ0v) is 14.5. The molecule has 0 N–H and O–H groups in total. The number of amides is 1. The number of pyridine rings is 2. The zero-order chi connectivity index (χ0) is 18.8. The molecule has 0 bridgehead atoms. The van der Waals surface area contributed by atoms with Crippen molar-refractivity contribution in [3.8, 4) is 0 Å². The Labute approximate surface area is 155 Å².